The van der Waals surface area contributed by atoms with Crippen molar-refractivity contribution in [1.29, 1.82) is 0 Å². The summed E-state index contributed by atoms with van der Waals surface area (Å²) in [6, 6.07) is 8.36. The molecule has 7 heteroatoms. The van der Waals surface area contributed by atoms with Crippen molar-refractivity contribution in [1.82, 2.24) is 0 Å². The van der Waals surface area contributed by atoms with Gasteiger partial charge in [0.2, 0.25) is 0 Å². The summed E-state index contributed by atoms with van der Waals surface area (Å²) in [4.78, 5) is 22.7. The Balaban J connectivity index is 1.77. The zero-order valence-corrected chi connectivity index (χ0v) is 15.5. The van der Waals surface area contributed by atoms with Crippen LogP contribution in [-0.4, -0.2) is 37.4 Å². The van der Waals surface area contributed by atoms with Crippen molar-refractivity contribution in [3.8, 4) is 0 Å². The zero-order chi connectivity index (χ0) is 18.3. The second-order valence-corrected chi connectivity index (χ2v) is 9.42. The Morgan fingerprint density at radius 1 is 1.28 bits per heavy atom. The number of carbonyl (C=O) groups excluding carboxylic acids is 1. The minimum Gasteiger partial charge on any atom is -0.457 e. The third kappa shape index (κ3) is 3.59. The fraction of sp³-hybridized carbons (Fsp3) is 0.611. The predicted octanol–water partition coefficient (Wildman–Crippen LogP) is 2.67. The molecule has 4 atom stereocenters. The number of benzene rings is 1. The lowest BCUT2D eigenvalue weighted by molar-refractivity contribution is -0.441. The van der Waals surface area contributed by atoms with Crippen LogP contribution in [0.15, 0.2) is 35.2 Å². The smallest absolute Gasteiger partial charge is 0.303 e. The van der Waals surface area contributed by atoms with Crippen LogP contribution in [-0.2, 0) is 29.1 Å². The summed E-state index contributed by atoms with van der Waals surface area (Å²) < 4.78 is 30.9. The molecule has 1 aliphatic heterocycles. The maximum atomic E-state index is 12.7. The van der Waals surface area contributed by atoms with E-state index in [1.54, 1.807) is 37.3 Å². The van der Waals surface area contributed by atoms with E-state index in [9.17, 15) is 13.2 Å². The fourth-order valence-corrected chi connectivity index (χ4v) is 5.63. The normalized spacial score (nSPS) is 35.2. The maximum Gasteiger partial charge on any atom is 0.303 e. The van der Waals surface area contributed by atoms with Gasteiger partial charge in [-0.15, -0.1) is 0 Å². The quantitative estimate of drug-likeness (QED) is 0.600. The minimum absolute atomic E-state index is 0.0216. The van der Waals surface area contributed by atoms with Gasteiger partial charge in [-0.25, -0.2) is 18.2 Å². The van der Waals surface area contributed by atoms with Crippen LogP contribution in [0.2, 0.25) is 0 Å². The SMILES string of the molecule is CC(=O)OC1(C)CCC2CC1OO[C@@]2(C)CS(=O)(=O)c1ccccc1. The van der Waals surface area contributed by atoms with Crippen LogP contribution in [0.1, 0.15) is 40.0 Å². The summed E-state index contributed by atoms with van der Waals surface area (Å²) in [6.45, 7) is 4.99. The molecule has 1 aromatic carbocycles. The Morgan fingerprint density at radius 3 is 2.60 bits per heavy atom. The molecule has 6 nitrogen and oxygen atoms in total. The van der Waals surface area contributed by atoms with Crippen molar-refractivity contribution in [2.45, 2.75) is 62.2 Å². The van der Waals surface area contributed by atoms with Crippen LogP contribution in [0.25, 0.3) is 0 Å². The number of hydrogen-bond donors (Lipinski definition) is 0. The standard InChI is InChI=1S/C18H24O6S/c1-13(19)22-17(2)10-9-14-11-16(17)23-24-18(14,3)12-25(20,21)15-7-5-4-6-8-15/h4-8,14,16H,9-12H2,1-3H3/t14?,16?,17?,18-/m0/s1. The highest BCUT2D eigenvalue weighted by atomic mass is 32.2. The molecule has 0 radical (unpaired) electrons. The summed E-state index contributed by atoms with van der Waals surface area (Å²) in [5.41, 5.74) is -1.66. The second-order valence-electron chi connectivity index (χ2n) is 7.43. The van der Waals surface area contributed by atoms with Crippen molar-refractivity contribution in [3.05, 3.63) is 30.3 Å². The van der Waals surface area contributed by atoms with Gasteiger partial charge in [-0.1, -0.05) is 18.2 Å². The van der Waals surface area contributed by atoms with E-state index in [1.807, 2.05) is 6.92 Å². The lowest BCUT2D eigenvalue weighted by atomic mass is 9.71. The summed E-state index contributed by atoms with van der Waals surface area (Å²) in [5.74, 6) is -0.482. The molecule has 1 heterocycles. The summed E-state index contributed by atoms with van der Waals surface area (Å²) in [6.07, 6.45) is 1.55. The molecular formula is C18H24O6S. The molecule has 2 bridgehead atoms. The van der Waals surface area contributed by atoms with E-state index in [1.165, 1.54) is 6.92 Å². The lowest BCUT2D eigenvalue weighted by Gasteiger charge is -2.51. The molecular weight excluding hydrogens is 344 g/mol. The van der Waals surface area contributed by atoms with Crippen LogP contribution < -0.4 is 0 Å². The van der Waals surface area contributed by atoms with Crippen LogP contribution in [0.5, 0.6) is 0 Å². The molecule has 0 N–H and O–H groups in total. The molecule has 2 aliphatic rings. The maximum absolute atomic E-state index is 12.7. The van der Waals surface area contributed by atoms with Gasteiger partial charge in [0.25, 0.3) is 0 Å². The molecule has 3 unspecified atom stereocenters. The largest absolute Gasteiger partial charge is 0.457 e. The Bertz CT molecular complexity index is 746. The van der Waals surface area contributed by atoms with Crippen LogP contribution >= 0.6 is 0 Å². The highest BCUT2D eigenvalue weighted by Crippen LogP contribution is 2.47. The molecule has 3 rings (SSSR count). The monoisotopic (exact) mass is 368 g/mol. The first-order chi connectivity index (χ1) is 11.6. The third-order valence-corrected chi connectivity index (χ3v) is 7.29. The van der Waals surface area contributed by atoms with E-state index in [0.717, 1.165) is 0 Å². The first-order valence-electron chi connectivity index (χ1n) is 8.46. The molecule has 2 fully saturated rings. The van der Waals surface area contributed by atoms with Crippen molar-refractivity contribution < 1.29 is 27.7 Å². The van der Waals surface area contributed by atoms with Crippen molar-refractivity contribution >= 4 is 15.8 Å². The van der Waals surface area contributed by atoms with E-state index < -0.39 is 21.0 Å². The minimum atomic E-state index is -3.49. The Labute approximate surface area is 148 Å². The van der Waals surface area contributed by atoms with E-state index >= 15 is 0 Å². The van der Waals surface area contributed by atoms with Crippen LogP contribution in [0, 0.1) is 5.92 Å². The van der Waals surface area contributed by atoms with E-state index in [-0.39, 0.29) is 28.6 Å². The number of rotatable bonds is 4. The molecule has 1 aliphatic carbocycles. The summed E-state index contributed by atoms with van der Waals surface area (Å²) >= 11 is 0. The number of ether oxygens (including phenoxy) is 1. The van der Waals surface area contributed by atoms with Crippen molar-refractivity contribution in [2.24, 2.45) is 5.92 Å². The van der Waals surface area contributed by atoms with Gasteiger partial charge in [0.05, 0.1) is 10.6 Å². The number of carbonyl (C=O) groups is 1. The van der Waals surface area contributed by atoms with E-state index in [4.69, 9.17) is 14.5 Å². The second kappa shape index (κ2) is 6.37. The van der Waals surface area contributed by atoms with Crippen LogP contribution in [0.4, 0.5) is 0 Å². The Hall–Kier alpha value is -1.44. The average molecular weight is 368 g/mol. The summed E-state index contributed by atoms with van der Waals surface area (Å²) in [7, 11) is -3.49. The van der Waals surface area contributed by atoms with Gasteiger partial charge >= 0.3 is 5.97 Å². The van der Waals surface area contributed by atoms with Gasteiger partial charge in [0.1, 0.15) is 17.3 Å². The number of fused-ring (bicyclic) bond motifs is 2. The lowest BCUT2D eigenvalue weighted by Crippen LogP contribution is -2.59. The zero-order valence-electron chi connectivity index (χ0n) is 14.7. The highest BCUT2D eigenvalue weighted by molar-refractivity contribution is 7.91. The van der Waals surface area contributed by atoms with Gasteiger partial charge in [0.15, 0.2) is 9.84 Å². The van der Waals surface area contributed by atoms with Gasteiger partial charge in [-0.2, -0.15) is 0 Å². The average Bonchev–Trinajstić information content (AvgIpc) is 2.53. The predicted molar refractivity (Wildman–Crippen MR) is 90.4 cm³/mol. The van der Waals surface area contributed by atoms with Crippen molar-refractivity contribution in [2.75, 3.05) is 5.75 Å². The summed E-state index contributed by atoms with van der Waals surface area (Å²) in [5, 5.41) is 0. The van der Waals surface area contributed by atoms with E-state index in [0.29, 0.717) is 19.3 Å². The Kier molecular flexibility index (Phi) is 4.68. The van der Waals surface area contributed by atoms with Gasteiger partial charge in [0, 0.05) is 6.92 Å². The molecule has 25 heavy (non-hydrogen) atoms. The first kappa shape index (κ1) is 18.4. The molecule has 0 aromatic heterocycles. The number of sulfone groups is 1. The molecule has 0 amide bonds. The van der Waals surface area contributed by atoms with Gasteiger partial charge in [-0.05, 0) is 51.2 Å². The third-order valence-electron chi connectivity index (χ3n) is 5.34. The Morgan fingerprint density at radius 2 is 1.96 bits per heavy atom. The number of esters is 1. The first-order valence-corrected chi connectivity index (χ1v) is 10.1. The molecule has 1 saturated heterocycles. The topological polar surface area (TPSA) is 78.9 Å². The fourth-order valence-electron chi connectivity index (χ4n) is 3.85. The molecule has 1 aromatic rings. The van der Waals surface area contributed by atoms with Crippen LogP contribution in [0.3, 0.4) is 0 Å². The molecule has 1 saturated carbocycles. The molecule has 0 spiro atoms. The van der Waals surface area contributed by atoms with E-state index in [2.05, 4.69) is 0 Å². The van der Waals surface area contributed by atoms with Gasteiger partial charge in [-0.3, -0.25) is 4.79 Å². The highest BCUT2D eigenvalue weighted by Gasteiger charge is 2.55. The van der Waals surface area contributed by atoms with Crippen molar-refractivity contribution in [3.63, 3.8) is 0 Å². The number of hydrogen-bond acceptors (Lipinski definition) is 6. The van der Waals surface area contributed by atoms with Gasteiger partial charge < -0.3 is 4.74 Å². The molecule has 138 valence electrons.